The van der Waals surface area contributed by atoms with Gasteiger partial charge in [-0.2, -0.15) is 0 Å². The van der Waals surface area contributed by atoms with Crippen LogP contribution in [0.2, 0.25) is 0 Å². The summed E-state index contributed by atoms with van der Waals surface area (Å²) in [6.07, 6.45) is 14.1. The quantitative estimate of drug-likeness (QED) is 0.424. The molecule has 0 unspecified atom stereocenters. The molecule has 0 N–H and O–H groups in total. The van der Waals surface area contributed by atoms with Gasteiger partial charge >= 0.3 is 0 Å². The second-order valence-electron chi connectivity index (χ2n) is 3.53. The first-order chi connectivity index (χ1) is 5.43. The van der Waals surface area contributed by atoms with Crippen LogP contribution in [0.1, 0.15) is 44.9 Å². The van der Waals surface area contributed by atoms with Gasteiger partial charge in [-0.3, -0.25) is 0 Å². The lowest BCUT2D eigenvalue weighted by atomic mass is 9.86. The van der Waals surface area contributed by atoms with E-state index in [1.54, 1.807) is 0 Å². The van der Waals surface area contributed by atoms with Crippen molar-refractivity contribution < 1.29 is 0 Å². The smallest absolute Gasteiger partial charge is 0.0353 e. The summed E-state index contributed by atoms with van der Waals surface area (Å²) in [6.45, 7) is 3.74. The van der Waals surface area contributed by atoms with E-state index >= 15 is 0 Å². The number of allylic oxidation sites excluding steroid dienone is 1. The maximum absolute atomic E-state index is 3.74. The van der Waals surface area contributed by atoms with Crippen molar-refractivity contribution in [3.8, 4) is 0 Å². The minimum absolute atomic E-state index is 1.03. The van der Waals surface area contributed by atoms with Gasteiger partial charge < -0.3 is 0 Å². The molecule has 0 aromatic heterocycles. The Balaban J connectivity index is 2.00. The first-order valence-electron chi connectivity index (χ1n) is 4.86. The van der Waals surface area contributed by atoms with Crippen LogP contribution in [0, 0.1) is 12.3 Å². The summed E-state index contributed by atoms with van der Waals surface area (Å²) in [5, 5.41) is 0. The Bertz CT molecular complexity index is 98.6. The van der Waals surface area contributed by atoms with Crippen LogP contribution < -0.4 is 0 Å². The zero-order valence-corrected chi connectivity index (χ0v) is 7.39. The third kappa shape index (κ3) is 3.60. The highest BCUT2D eigenvalue weighted by Crippen LogP contribution is 2.26. The van der Waals surface area contributed by atoms with E-state index < -0.39 is 0 Å². The Kier molecular flexibility index (Phi) is 4.33. The highest BCUT2D eigenvalue weighted by Gasteiger charge is 2.11. The molecule has 63 valence electrons. The number of rotatable bonds is 4. The standard InChI is InChI=1S/C11H19/c1-2-3-5-8-11-9-6-4-7-10-11/h2,4,11H,1,3,5-10H2. The lowest BCUT2D eigenvalue weighted by molar-refractivity contribution is 0.372. The van der Waals surface area contributed by atoms with Crippen molar-refractivity contribution in [2.75, 3.05) is 0 Å². The fraction of sp³-hybridized carbons (Fsp3) is 0.727. The molecule has 1 radical (unpaired) electrons. The zero-order valence-electron chi connectivity index (χ0n) is 7.39. The molecule has 1 saturated carbocycles. The van der Waals surface area contributed by atoms with E-state index in [1.807, 2.05) is 6.08 Å². The van der Waals surface area contributed by atoms with Gasteiger partial charge in [-0.1, -0.05) is 25.3 Å². The van der Waals surface area contributed by atoms with Crippen molar-refractivity contribution in [3.63, 3.8) is 0 Å². The molecule has 0 aromatic rings. The van der Waals surface area contributed by atoms with E-state index in [4.69, 9.17) is 0 Å². The van der Waals surface area contributed by atoms with Crippen molar-refractivity contribution in [2.45, 2.75) is 44.9 Å². The lowest BCUT2D eigenvalue weighted by Gasteiger charge is -2.20. The summed E-state index contributed by atoms with van der Waals surface area (Å²) in [4.78, 5) is 0. The first kappa shape index (κ1) is 8.83. The Morgan fingerprint density at radius 2 is 2.09 bits per heavy atom. The minimum Gasteiger partial charge on any atom is -0.103 e. The lowest BCUT2D eigenvalue weighted by Crippen LogP contribution is -2.05. The predicted octanol–water partition coefficient (Wildman–Crippen LogP) is 3.74. The van der Waals surface area contributed by atoms with Crippen molar-refractivity contribution >= 4 is 0 Å². The summed E-state index contributed by atoms with van der Waals surface area (Å²) in [7, 11) is 0. The molecule has 1 aliphatic rings. The van der Waals surface area contributed by atoms with Crippen LogP contribution in [0.5, 0.6) is 0 Å². The summed E-state index contributed by atoms with van der Waals surface area (Å²) >= 11 is 0. The average molecular weight is 151 g/mol. The van der Waals surface area contributed by atoms with E-state index in [-0.39, 0.29) is 0 Å². The molecule has 0 atom stereocenters. The molecule has 0 aliphatic heterocycles. The van der Waals surface area contributed by atoms with E-state index in [1.165, 1.54) is 44.9 Å². The highest BCUT2D eigenvalue weighted by atomic mass is 14.2. The molecular weight excluding hydrogens is 132 g/mol. The largest absolute Gasteiger partial charge is 0.103 e. The molecule has 1 fully saturated rings. The molecule has 1 aliphatic carbocycles. The topological polar surface area (TPSA) is 0 Å². The minimum atomic E-state index is 1.03. The second kappa shape index (κ2) is 5.40. The summed E-state index contributed by atoms with van der Waals surface area (Å²) < 4.78 is 0. The van der Waals surface area contributed by atoms with E-state index in [0.717, 1.165) is 5.92 Å². The van der Waals surface area contributed by atoms with Gasteiger partial charge in [0.2, 0.25) is 0 Å². The van der Waals surface area contributed by atoms with Crippen LogP contribution in [0.3, 0.4) is 0 Å². The molecule has 0 heterocycles. The van der Waals surface area contributed by atoms with Crippen LogP contribution in [-0.2, 0) is 0 Å². The maximum Gasteiger partial charge on any atom is -0.0353 e. The third-order valence-electron chi connectivity index (χ3n) is 2.58. The Morgan fingerprint density at radius 3 is 2.73 bits per heavy atom. The van der Waals surface area contributed by atoms with Crippen LogP contribution in [0.25, 0.3) is 0 Å². The van der Waals surface area contributed by atoms with Crippen molar-refractivity contribution in [1.82, 2.24) is 0 Å². The van der Waals surface area contributed by atoms with Crippen molar-refractivity contribution in [1.29, 1.82) is 0 Å². The van der Waals surface area contributed by atoms with Gasteiger partial charge in [0.05, 0.1) is 0 Å². The molecule has 0 amide bonds. The first-order valence-corrected chi connectivity index (χ1v) is 4.86. The van der Waals surface area contributed by atoms with Crippen molar-refractivity contribution in [2.24, 2.45) is 5.92 Å². The number of hydrogen-bond donors (Lipinski definition) is 0. The normalized spacial score (nSPS) is 20.0. The molecule has 0 heteroatoms. The molecule has 0 saturated heterocycles. The Labute approximate surface area is 70.7 Å². The molecule has 0 nitrogen and oxygen atoms in total. The molecule has 0 aromatic carbocycles. The van der Waals surface area contributed by atoms with Gasteiger partial charge in [0.25, 0.3) is 0 Å². The number of hydrogen-bond acceptors (Lipinski definition) is 0. The third-order valence-corrected chi connectivity index (χ3v) is 2.58. The van der Waals surface area contributed by atoms with Gasteiger partial charge in [-0.15, -0.1) is 6.58 Å². The zero-order chi connectivity index (χ0) is 7.94. The second-order valence-corrected chi connectivity index (χ2v) is 3.53. The predicted molar refractivity (Wildman–Crippen MR) is 50.3 cm³/mol. The Morgan fingerprint density at radius 1 is 1.36 bits per heavy atom. The van der Waals surface area contributed by atoms with Gasteiger partial charge in [0.1, 0.15) is 0 Å². The van der Waals surface area contributed by atoms with Gasteiger partial charge in [0.15, 0.2) is 0 Å². The highest BCUT2D eigenvalue weighted by molar-refractivity contribution is 4.77. The van der Waals surface area contributed by atoms with E-state index in [0.29, 0.717) is 0 Å². The molecule has 0 bridgehead atoms. The van der Waals surface area contributed by atoms with Gasteiger partial charge in [0, 0.05) is 0 Å². The SMILES string of the molecule is C=CCCCC1CC[CH]CC1. The van der Waals surface area contributed by atoms with Crippen LogP contribution in [-0.4, -0.2) is 0 Å². The van der Waals surface area contributed by atoms with Gasteiger partial charge in [-0.25, -0.2) is 0 Å². The van der Waals surface area contributed by atoms with Crippen molar-refractivity contribution in [3.05, 3.63) is 19.1 Å². The Hall–Kier alpha value is -0.260. The van der Waals surface area contributed by atoms with Crippen LogP contribution in [0.4, 0.5) is 0 Å². The monoisotopic (exact) mass is 151 g/mol. The molecular formula is C11H19. The van der Waals surface area contributed by atoms with Crippen LogP contribution in [0.15, 0.2) is 12.7 Å². The van der Waals surface area contributed by atoms with Gasteiger partial charge in [-0.05, 0) is 38.0 Å². The van der Waals surface area contributed by atoms with E-state index in [2.05, 4.69) is 13.0 Å². The molecule has 1 rings (SSSR count). The summed E-state index contributed by atoms with van der Waals surface area (Å²) in [6, 6.07) is 0. The summed E-state index contributed by atoms with van der Waals surface area (Å²) in [5.74, 6) is 1.03. The number of unbranched alkanes of at least 4 members (excludes halogenated alkanes) is 1. The fourth-order valence-electron chi connectivity index (χ4n) is 1.84. The summed E-state index contributed by atoms with van der Waals surface area (Å²) in [5.41, 5.74) is 0. The maximum atomic E-state index is 3.74. The van der Waals surface area contributed by atoms with Crippen LogP contribution >= 0.6 is 0 Å². The van der Waals surface area contributed by atoms with E-state index in [9.17, 15) is 0 Å². The fourth-order valence-corrected chi connectivity index (χ4v) is 1.84. The molecule has 0 spiro atoms. The average Bonchev–Trinajstić information content (AvgIpc) is 2.07. The molecule has 11 heavy (non-hydrogen) atoms.